The Kier molecular flexibility index (Phi) is 7.45. The molecular formula is C22H25ClF3N5O5S. The van der Waals surface area contributed by atoms with E-state index in [1.54, 1.807) is 4.90 Å². The third-order valence-electron chi connectivity index (χ3n) is 6.67. The van der Waals surface area contributed by atoms with Crippen LogP contribution in [0.2, 0.25) is 5.02 Å². The maximum Gasteiger partial charge on any atom is 0.416 e. The molecule has 2 fully saturated rings. The molecule has 2 aromatic rings. The maximum absolute atomic E-state index is 13.5. The molecule has 4 rings (SSSR count). The molecule has 0 spiro atoms. The molecule has 1 aliphatic carbocycles. The molecule has 3 atom stereocenters. The van der Waals surface area contributed by atoms with E-state index in [-0.39, 0.29) is 40.8 Å². The van der Waals surface area contributed by atoms with E-state index in [4.69, 9.17) is 11.6 Å². The number of aromatic nitrogens is 2. The molecule has 0 unspecified atom stereocenters. The van der Waals surface area contributed by atoms with Gasteiger partial charge in [-0.15, -0.1) is 5.10 Å². The Morgan fingerprint density at radius 3 is 2.43 bits per heavy atom. The van der Waals surface area contributed by atoms with Crippen molar-refractivity contribution < 1.29 is 36.3 Å². The van der Waals surface area contributed by atoms with Gasteiger partial charge in [-0.2, -0.15) is 17.9 Å². The lowest BCUT2D eigenvalue weighted by molar-refractivity contribution is -0.139. The van der Waals surface area contributed by atoms with Crippen LogP contribution in [0.25, 0.3) is 0 Å². The van der Waals surface area contributed by atoms with E-state index in [1.165, 1.54) is 23.2 Å². The second-order valence-electron chi connectivity index (χ2n) is 9.45. The van der Waals surface area contributed by atoms with Crippen molar-refractivity contribution in [2.45, 2.75) is 31.6 Å². The van der Waals surface area contributed by atoms with Crippen molar-refractivity contribution in [1.82, 2.24) is 19.6 Å². The van der Waals surface area contributed by atoms with Crippen LogP contribution < -0.4 is 4.72 Å². The molecule has 2 aliphatic rings. The van der Waals surface area contributed by atoms with Gasteiger partial charge in [-0.05, 0) is 48.4 Å². The Morgan fingerprint density at radius 1 is 1.22 bits per heavy atom. The molecule has 1 aromatic heterocycles. The molecule has 0 radical (unpaired) electrons. The predicted octanol–water partition coefficient (Wildman–Crippen LogP) is 3.19. The van der Waals surface area contributed by atoms with Gasteiger partial charge in [0.05, 0.1) is 18.4 Å². The lowest BCUT2D eigenvalue weighted by Crippen LogP contribution is -2.40. The number of fused-ring (bicyclic) bond motifs is 1. The number of nitrogens with zero attached hydrogens (tertiary/aromatic N) is 4. The molecular weight excluding hydrogens is 539 g/mol. The highest BCUT2D eigenvalue weighted by Gasteiger charge is 2.45. The van der Waals surface area contributed by atoms with Crippen LogP contribution in [-0.2, 0) is 27.5 Å². The molecule has 10 nitrogen and oxygen atoms in total. The number of anilines is 1. The number of aliphatic carboxylic acids is 1. The number of sulfonamides is 1. The average molecular weight is 564 g/mol. The van der Waals surface area contributed by atoms with Crippen LogP contribution in [0.1, 0.15) is 24.0 Å². The van der Waals surface area contributed by atoms with Crippen molar-refractivity contribution in [3.63, 3.8) is 0 Å². The third-order valence-corrected chi connectivity index (χ3v) is 7.49. The summed E-state index contributed by atoms with van der Waals surface area (Å²) in [6.45, 7) is 0.0962. The first-order valence-electron chi connectivity index (χ1n) is 11.3. The summed E-state index contributed by atoms with van der Waals surface area (Å²) in [7, 11) is -3.55. The standard InChI is InChI=1S/C22H25ClF3N5O5S/c1-37(35,36)28-19-4-5-31(27-19)21(34)30-9-13-7-17(8-14(13)10-30)29(12-20(32)33)11-15-6-16(23)2-3-18(15)22(24,25)26/h2-6,13-14,17H,7-12H2,1H3,(H,27,28)(H,32,33)/t13-,14+,17-. The molecule has 202 valence electrons. The zero-order valence-electron chi connectivity index (χ0n) is 19.7. The molecule has 37 heavy (non-hydrogen) atoms. The van der Waals surface area contributed by atoms with Crippen LogP contribution in [0, 0.1) is 11.8 Å². The van der Waals surface area contributed by atoms with Crippen LogP contribution in [0.4, 0.5) is 23.8 Å². The van der Waals surface area contributed by atoms with Crippen LogP contribution in [0.15, 0.2) is 30.5 Å². The number of carboxylic acid groups (broad SMARTS) is 1. The van der Waals surface area contributed by atoms with Gasteiger partial charge in [0.25, 0.3) is 0 Å². The first kappa shape index (κ1) is 27.2. The monoisotopic (exact) mass is 563 g/mol. The third kappa shape index (κ3) is 6.54. The first-order chi connectivity index (χ1) is 17.2. The lowest BCUT2D eigenvalue weighted by atomic mass is 10.0. The van der Waals surface area contributed by atoms with Gasteiger partial charge in [-0.25, -0.2) is 13.2 Å². The minimum absolute atomic E-state index is 0.0128. The second kappa shape index (κ2) is 10.1. The molecule has 1 saturated carbocycles. The topological polar surface area (TPSA) is 125 Å². The van der Waals surface area contributed by atoms with Gasteiger partial charge in [0.1, 0.15) is 0 Å². The van der Waals surface area contributed by atoms with E-state index >= 15 is 0 Å². The number of amides is 1. The van der Waals surface area contributed by atoms with E-state index in [9.17, 15) is 36.3 Å². The van der Waals surface area contributed by atoms with E-state index in [2.05, 4.69) is 9.82 Å². The number of alkyl halides is 3. The summed E-state index contributed by atoms with van der Waals surface area (Å²) in [5, 5.41) is 13.5. The van der Waals surface area contributed by atoms with Gasteiger partial charge in [0.2, 0.25) is 10.0 Å². The van der Waals surface area contributed by atoms with E-state index in [0.29, 0.717) is 25.9 Å². The SMILES string of the molecule is CS(=O)(=O)Nc1ccn(C(=O)N2C[C@H]3C[C@@H](N(CC(=O)O)Cc4cc(Cl)ccc4C(F)(F)F)C[C@H]3C2)n1. The van der Waals surface area contributed by atoms with Crippen LogP contribution in [0.5, 0.6) is 0 Å². The summed E-state index contributed by atoms with van der Waals surface area (Å²) in [4.78, 5) is 27.5. The minimum atomic E-state index is -4.61. The number of nitrogens with one attached hydrogen (secondary N) is 1. The molecule has 1 aromatic carbocycles. The quantitative estimate of drug-likeness (QED) is 0.530. The van der Waals surface area contributed by atoms with Gasteiger partial charge in [-0.1, -0.05) is 11.6 Å². The fourth-order valence-corrected chi connectivity index (χ4v) is 5.90. The van der Waals surface area contributed by atoms with E-state index < -0.39 is 40.3 Å². The summed E-state index contributed by atoms with van der Waals surface area (Å²) in [6.07, 6.45) is -1.25. The van der Waals surface area contributed by atoms with Gasteiger partial charge < -0.3 is 10.0 Å². The molecule has 2 N–H and O–H groups in total. The summed E-state index contributed by atoms with van der Waals surface area (Å²) in [6, 6.07) is 3.92. The van der Waals surface area contributed by atoms with Gasteiger partial charge in [-0.3, -0.25) is 14.4 Å². The molecule has 1 saturated heterocycles. The highest BCUT2D eigenvalue weighted by Crippen LogP contribution is 2.41. The van der Waals surface area contributed by atoms with E-state index in [1.807, 2.05) is 0 Å². The van der Waals surface area contributed by atoms with Crippen LogP contribution in [0.3, 0.4) is 0 Å². The van der Waals surface area contributed by atoms with Crippen LogP contribution >= 0.6 is 11.6 Å². The van der Waals surface area contributed by atoms with Crippen molar-refractivity contribution in [2.24, 2.45) is 11.8 Å². The fourth-order valence-electron chi connectivity index (χ4n) is 5.22. The van der Waals surface area contributed by atoms with Gasteiger partial charge in [0.15, 0.2) is 5.82 Å². The zero-order chi connectivity index (χ0) is 27.1. The second-order valence-corrected chi connectivity index (χ2v) is 11.6. The molecule has 2 heterocycles. The van der Waals surface area contributed by atoms with Crippen molar-refractivity contribution in [2.75, 3.05) is 30.6 Å². The Morgan fingerprint density at radius 2 is 1.86 bits per heavy atom. The van der Waals surface area contributed by atoms with E-state index in [0.717, 1.165) is 23.1 Å². The number of hydrogen-bond donors (Lipinski definition) is 2. The number of carbonyl (C=O) groups excluding carboxylic acids is 1. The number of halogens is 4. The highest BCUT2D eigenvalue weighted by atomic mass is 35.5. The molecule has 15 heteroatoms. The van der Waals surface area contributed by atoms with Gasteiger partial charge in [0, 0.05) is 43.0 Å². The van der Waals surface area contributed by atoms with Gasteiger partial charge >= 0.3 is 18.2 Å². The summed E-state index contributed by atoms with van der Waals surface area (Å²) in [5.74, 6) is -1.06. The minimum Gasteiger partial charge on any atom is -0.480 e. The Bertz CT molecular complexity index is 1290. The Hall–Kier alpha value is -2.84. The number of carbonyl (C=O) groups is 2. The van der Waals surface area contributed by atoms with Crippen molar-refractivity contribution in [3.8, 4) is 0 Å². The smallest absolute Gasteiger partial charge is 0.416 e. The lowest BCUT2D eigenvalue weighted by Gasteiger charge is -2.30. The number of benzene rings is 1. The molecule has 0 bridgehead atoms. The summed E-state index contributed by atoms with van der Waals surface area (Å²) >= 11 is 5.94. The largest absolute Gasteiger partial charge is 0.480 e. The molecule has 1 amide bonds. The highest BCUT2D eigenvalue weighted by molar-refractivity contribution is 7.92. The average Bonchev–Trinajstić information content (AvgIpc) is 3.45. The van der Waals surface area contributed by atoms with Crippen molar-refractivity contribution in [1.29, 1.82) is 0 Å². The van der Waals surface area contributed by atoms with Crippen LogP contribution in [-0.4, -0.2) is 77.0 Å². The first-order valence-corrected chi connectivity index (χ1v) is 13.6. The molecule has 1 aliphatic heterocycles. The summed E-state index contributed by atoms with van der Waals surface area (Å²) < 4.78 is 66.6. The zero-order valence-corrected chi connectivity index (χ0v) is 21.2. The normalized spacial score (nSPS) is 21.9. The Balaban J connectivity index is 1.44. The predicted molar refractivity (Wildman–Crippen MR) is 128 cm³/mol. The van der Waals surface area contributed by atoms with Crippen molar-refractivity contribution in [3.05, 3.63) is 46.6 Å². The number of hydrogen-bond acceptors (Lipinski definition) is 6. The number of carboxylic acids is 1. The van der Waals surface area contributed by atoms with Crippen molar-refractivity contribution >= 4 is 39.4 Å². The number of likely N-dealkylation sites (tertiary alicyclic amines) is 1. The fraction of sp³-hybridized carbons (Fsp3) is 0.500. The number of rotatable bonds is 7. The Labute approximate surface area is 216 Å². The summed E-state index contributed by atoms with van der Waals surface area (Å²) in [5.41, 5.74) is -0.946. The maximum atomic E-state index is 13.5.